The van der Waals surface area contributed by atoms with Gasteiger partial charge in [0.2, 0.25) is 0 Å². The van der Waals surface area contributed by atoms with Gasteiger partial charge in [0.25, 0.3) is 0 Å². The first-order chi connectivity index (χ1) is 6.77. The Balaban J connectivity index is 0.000000791. The Hall–Kier alpha value is -1.87. The van der Waals surface area contributed by atoms with Crippen LogP contribution in [-0.4, -0.2) is 0 Å². The molecule has 0 aromatic heterocycles. The summed E-state index contributed by atoms with van der Waals surface area (Å²) in [6, 6.07) is 8.95. The molecule has 1 rings (SSSR count). The minimum Gasteiger partial charge on any atom is -0.207 e. The maximum absolute atomic E-state index is 12.4. The normalized spacial score (nSPS) is 8.14. The van der Waals surface area contributed by atoms with E-state index in [0.717, 1.165) is 0 Å². The van der Waals surface area contributed by atoms with Crippen LogP contribution < -0.4 is 0 Å². The van der Waals surface area contributed by atoms with E-state index in [1.54, 1.807) is 12.1 Å². The molecule has 0 spiro atoms. The standard InChI is InChI=1S/C9H5FN2.C2H6/c10-9-3-1-7(2-4-9)8(5-11)6-12;1-2/h1-4,8H;1-2H3. The van der Waals surface area contributed by atoms with Crippen LogP contribution in [0.5, 0.6) is 0 Å². The van der Waals surface area contributed by atoms with Crippen molar-refractivity contribution in [3.05, 3.63) is 35.6 Å². The molecule has 0 saturated heterocycles. The van der Waals surface area contributed by atoms with E-state index in [0.29, 0.717) is 5.56 Å². The van der Waals surface area contributed by atoms with Crippen molar-refractivity contribution in [3.8, 4) is 12.1 Å². The van der Waals surface area contributed by atoms with Crippen molar-refractivity contribution in [1.29, 1.82) is 10.5 Å². The molecule has 0 heterocycles. The summed E-state index contributed by atoms with van der Waals surface area (Å²) in [6.45, 7) is 4.00. The molecule has 3 heteroatoms. The van der Waals surface area contributed by atoms with Gasteiger partial charge in [0, 0.05) is 0 Å². The predicted molar refractivity (Wildman–Crippen MR) is 51.7 cm³/mol. The minimum absolute atomic E-state index is 0.367. The van der Waals surface area contributed by atoms with E-state index in [2.05, 4.69) is 0 Å². The van der Waals surface area contributed by atoms with Gasteiger partial charge in [0.1, 0.15) is 5.82 Å². The fraction of sp³-hybridized carbons (Fsp3) is 0.273. The van der Waals surface area contributed by atoms with Gasteiger partial charge in [0.15, 0.2) is 5.92 Å². The molecule has 0 amide bonds. The van der Waals surface area contributed by atoms with Gasteiger partial charge in [-0.1, -0.05) is 26.0 Å². The first kappa shape index (κ1) is 12.1. The van der Waals surface area contributed by atoms with Gasteiger partial charge < -0.3 is 0 Å². The van der Waals surface area contributed by atoms with Crippen LogP contribution in [-0.2, 0) is 0 Å². The number of halogens is 1. The molecule has 0 aliphatic heterocycles. The minimum atomic E-state index is -0.800. The van der Waals surface area contributed by atoms with Crippen LogP contribution in [0, 0.1) is 28.5 Å². The highest BCUT2D eigenvalue weighted by Gasteiger charge is 2.07. The summed E-state index contributed by atoms with van der Waals surface area (Å²) in [5.74, 6) is -1.17. The van der Waals surface area contributed by atoms with Crippen molar-refractivity contribution in [3.63, 3.8) is 0 Å². The number of rotatable bonds is 1. The molecule has 72 valence electrons. The van der Waals surface area contributed by atoms with Crippen LogP contribution in [0.25, 0.3) is 0 Å². The average molecular weight is 190 g/mol. The molecule has 2 nitrogen and oxygen atoms in total. The van der Waals surface area contributed by atoms with Crippen molar-refractivity contribution < 1.29 is 4.39 Å². The van der Waals surface area contributed by atoms with Crippen molar-refractivity contribution in [2.24, 2.45) is 0 Å². The molecule has 0 saturated carbocycles. The number of hydrogen-bond donors (Lipinski definition) is 0. The molecular weight excluding hydrogens is 179 g/mol. The van der Waals surface area contributed by atoms with E-state index in [1.165, 1.54) is 24.3 Å². The van der Waals surface area contributed by atoms with Gasteiger partial charge in [0.05, 0.1) is 12.1 Å². The summed E-state index contributed by atoms with van der Waals surface area (Å²) in [4.78, 5) is 0. The zero-order valence-corrected chi connectivity index (χ0v) is 8.16. The highest BCUT2D eigenvalue weighted by Crippen LogP contribution is 2.13. The number of nitrogens with zero attached hydrogens (tertiary/aromatic N) is 2. The maximum atomic E-state index is 12.4. The summed E-state index contributed by atoms with van der Waals surface area (Å²) < 4.78 is 12.4. The number of benzene rings is 1. The third-order valence-electron chi connectivity index (χ3n) is 1.46. The van der Waals surface area contributed by atoms with E-state index < -0.39 is 5.92 Å². The number of hydrogen-bond acceptors (Lipinski definition) is 2. The topological polar surface area (TPSA) is 47.6 Å². The lowest BCUT2D eigenvalue weighted by Gasteiger charge is -1.97. The van der Waals surface area contributed by atoms with Crippen LogP contribution in [0.15, 0.2) is 24.3 Å². The fourth-order valence-corrected chi connectivity index (χ4v) is 0.833. The summed E-state index contributed by atoms with van der Waals surface area (Å²) in [5, 5.41) is 17.0. The Labute approximate surface area is 83.2 Å². The second-order valence-corrected chi connectivity index (χ2v) is 2.24. The smallest absolute Gasteiger partial charge is 0.158 e. The second kappa shape index (κ2) is 6.62. The quantitative estimate of drug-likeness (QED) is 0.683. The molecule has 0 radical (unpaired) electrons. The maximum Gasteiger partial charge on any atom is 0.158 e. The van der Waals surface area contributed by atoms with Gasteiger partial charge in [-0.05, 0) is 17.7 Å². The Kier molecular flexibility index (Phi) is 5.74. The highest BCUT2D eigenvalue weighted by molar-refractivity contribution is 5.30. The molecular formula is C11H11FN2. The van der Waals surface area contributed by atoms with Gasteiger partial charge in [-0.15, -0.1) is 0 Å². The van der Waals surface area contributed by atoms with Crippen LogP contribution >= 0.6 is 0 Å². The molecule has 0 aliphatic rings. The van der Waals surface area contributed by atoms with Crippen molar-refractivity contribution in [2.45, 2.75) is 19.8 Å². The van der Waals surface area contributed by atoms with Gasteiger partial charge in [-0.25, -0.2) is 4.39 Å². The lowest BCUT2D eigenvalue weighted by Crippen LogP contribution is -1.90. The zero-order chi connectivity index (χ0) is 11.0. The molecule has 1 aromatic carbocycles. The van der Waals surface area contributed by atoms with E-state index >= 15 is 0 Å². The Morgan fingerprint density at radius 3 is 1.86 bits per heavy atom. The predicted octanol–water partition coefficient (Wildman–Crippen LogP) is 2.98. The molecule has 0 atom stereocenters. The Bertz CT molecular complexity index is 329. The summed E-state index contributed by atoms with van der Waals surface area (Å²) >= 11 is 0. The molecule has 0 bridgehead atoms. The molecule has 14 heavy (non-hydrogen) atoms. The first-order valence-corrected chi connectivity index (χ1v) is 4.32. The second-order valence-electron chi connectivity index (χ2n) is 2.24. The lowest BCUT2D eigenvalue weighted by molar-refractivity contribution is 0.627. The summed E-state index contributed by atoms with van der Waals surface area (Å²) in [7, 11) is 0. The van der Waals surface area contributed by atoms with E-state index in [1.807, 2.05) is 13.8 Å². The number of nitriles is 2. The van der Waals surface area contributed by atoms with Crippen LogP contribution in [0.1, 0.15) is 25.3 Å². The molecule has 0 fully saturated rings. The first-order valence-electron chi connectivity index (χ1n) is 4.32. The third kappa shape index (κ3) is 3.25. The highest BCUT2D eigenvalue weighted by atomic mass is 19.1. The third-order valence-corrected chi connectivity index (χ3v) is 1.46. The Morgan fingerprint density at radius 2 is 1.50 bits per heavy atom. The molecule has 0 aliphatic carbocycles. The van der Waals surface area contributed by atoms with E-state index in [4.69, 9.17) is 10.5 Å². The molecule has 0 unspecified atom stereocenters. The SMILES string of the molecule is CC.N#CC(C#N)c1ccc(F)cc1. The van der Waals surface area contributed by atoms with Gasteiger partial charge in [-0.3, -0.25) is 0 Å². The summed E-state index contributed by atoms with van der Waals surface area (Å²) in [5.41, 5.74) is 0.529. The monoisotopic (exact) mass is 190 g/mol. The van der Waals surface area contributed by atoms with Gasteiger partial charge in [-0.2, -0.15) is 10.5 Å². The van der Waals surface area contributed by atoms with Crippen molar-refractivity contribution in [2.75, 3.05) is 0 Å². The largest absolute Gasteiger partial charge is 0.207 e. The van der Waals surface area contributed by atoms with Crippen molar-refractivity contribution >= 4 is 0 Å². The van der Waals surface area contributed by atoms with Crippen molar-refractivity contribution in [1.82, 2.24) is 0 Å². The Morgan fingerprint density at radius 1 is 1.07 bits per heavy atom. The fourth-order valence-electron chi connectivity index (χ4n) is 0.833. The van der Waals surface area contributed by atoms with Crippen LogP contribution in [0.2, 0.25) is 0 Å². The molecule has 1 aromatic rings. The zero-order valence-electron chi connectivity index (χ0n) is 8.16. The average Bonchev–Trinajstić information content (AvgIpc) is 2.25. The van der Waals surface area contributed by atoms with Crippen LogP contribution in [0.4, 0.5) is 4.39 Å². The molecule has 0 N–H and O–H groups in total. The van der Waals surface area contributed by atoms with E-state index in [9.17, 15) is 4.39 Å². The van der Waals surface area contributed by atoms with Gasteiger partial charge >= 0.3 is 0 Å². The van der Waals surface area contributed by atoms with Crippen LogP contribution in [0.3, 0.4) is 0 Å². The lowest BCUT2D eigenvalue weighted by atomic mass is 10.0. The summed E-state index contributed by atoms with van der Waals surface area (Å²) in [6.07, 6.45) is 0. The van der Waals surface area contributed by atoms with E-state index in [-0.39, 0.29) is 5.82 Å².